The van der Waals surface area contributed by atoms with Gasteiger partial charge in [-0.05, 0) is 22.0 Å². The molecule has 3 rings (SSSR count). The van der Waals surface area contributed by atoms with Crippen molar-refractivity contribution in [1.29, 1.82) is 0 Å². The van der Waals surface area contributed by atoms with E-state index in [0.717, 1.165) is 4.47 Å². The highest BCUT2D eigenvalue weighted by Gasteiger charge is 2.34. The van der Waals surface area contributed by atoms with E-state index in [4.69, 9.17) is 5.11 Å². The van der Waals surface area contributed by atoms with Gasteiger partial charge in [-0.1, -0.05) is 5.21 Å². The fourth-order valence-corrected chi connectivity index (χ4v) is 2.35. The number of hydrogen-bond acceptors (Lipinski definition) is 4. The number of carboxylic acids is 1. The Labute approximate surface area is 121 Å². The normalized spacial score (nSPS) is 15.2. The fraction of sp³-hybridized carbons (Fsp3) is 0.273. The van der Waals surface area contributed by atoms with Gasteiger partial charge in [0, 0.05) is 23.8 Å². The largest absolute Gasteiger partial charge is 0.476 e. The first-order chi connectivity index (χ1) is 9.54. The van der Waals surface area contributed by atoms with Gasteiger partial charge in [-0.2, -0.15) is 0 Å². The molecule has 1 aliphatic heterocycles. The first kappa shape index (κ1) is 12.9. The molecule has 0 atom stereocenters. The number of likely N-dealkylation sites (tertiary alicyclic amines) is 1. The third-order valence-electron chi connectivity index (χ3n) is 3.13. The van der Waals surface area contributed by atoms with E-state index in [-0.39, 0.29) is 17.6 Å². The highest BCUT2D eigenvalue weighted by Crippen LogP contribution is 2.23. The highest BCUT2D eigenvalue weighted by molar-refractivity contribution is 9.10. The number of aromatic amines is 1. The molecule has 0 spiro atoms. The zero-order valence-corrected chi connectivity index (χ0v) is 11.7. The first-order valence-corrected chi connectivity index (χ1v) is 6.62. The first-order valence-electron chi connectivity index (χ1n) is 5.83. The average molecular weight is 340 g/mol. The lowest BCUT2D eigenvalue weighted by Crippen LogP contribution is -2.51. The molecule has 20 heavy (non-hydrogen) atoms. The van der Waals surface area contributed by atoms with Gasteiger partial charge in [0.05, 0.1) is 12.2 Å². The lowest BCUT2D eigenvalue weighted by Gasteiger charge is -2.38. The number of nitrogens with zero attached hydrogens (tertiary/aromatic N) is 4. The van der Waals surface area contributed by atoms with Crippen molar-refractivity contribution in [1.82, 2.24) is 24.9 Å². The van der Waals surface area contributed by atoms with E-state index in [9.17, 15) is 9.59 Å². The molecule has 1 amide bonds. The molecule has 1 aliphatic rings. The maximum atomic E-state index is 12.1. The lowest BCUT2D eigenvalue weighted by molar-refractivity contribution is 0.0492. The summed E-state index contributed by atoms with van der Waals surface area (Å²) in [6.07, 6.45) is 3.07. The quantitative estimate of drug-likeness (QED) is 0.859. The van der Waals surface area contributed by atoms with E-state index in [1.54, 1.807) is 17.2 Å². The van der Waals surface area contributed by atoms with Crippen LogP contribution >= 0.6 is 15.9 Å². The number of carbonyl (C=O) groups is 2. The van der Waals surface area contributed by atoms with E-state index in [1.807, 2.05) is 0 Å². The predicted molar refractivity (Wildman–Crippen MR) is 70.4 cm³/mol. The third-order valence-corrected chi connectivity index (χ3v) is 3.59. The Kier molecular flexibility index (Phi) is 3.05. The van der Waals surface area contributed by atoms with Gasteiger partial charge < -0.3 is 15.0 Å². The molecule has 0 saturated carbocycles. The maximum absolute atomic E-state index is 12.1. The standard InChI is InChI=1S/C11H10BrN5O3/c12-6-1-8(13-2-6)10(18)16-3-7(4-16)17-5-9(11(19)20)14-15-17/h1-2,5,7,13H,3-4H2,(H,19,20). The van der Waals surface area contributed by atoms with Crippen LogP contribution in [0.4, 0.5) is 0 Å². The molecular weight excluding hydrogens is 330 g/mol. The van der Waals surface area contributed by atoms with Crippen molar-refractivity contribution >= 4 is 27.8 Å². The van der Waals surface area contributed by atoms with E-state index >= 15 is 0 Å². The lowest BCUT2D eigenvalue weighted by atomic mass is 10.1. The van der Waals surface area contributed by atoms with Gasteiger partial charge in [-0.15, -0.1) is 5.10 Å². The zero-order chi connectivity index (χ0) is 14.3. The number of halogens is 1. The summed E-state index contributed by atoms with van der Waals surface area (Å²) in [6, 6.07) is 1.69. The summed E-state index contributed by atoms with van der Waals surface area (Å²) in [5.41, 5.74) is 0.420. The number of carbonyl (C=O) groups excluding carboxylic acids is 1. The summed E-state index contributed by atoms with van der Waals surface area (Å²) in [4.78, 5) is 27.3. The summed E-state index contributed by atoms with van der Waals surface area (Å²) < 4.78 is 2.30. The van der Waals surface area contributed by atoms with E-state index < -0.39 is 5.97 Å². The highest BCUT2D eigenvalue weighted by atomic mass is 79.9. The number of hydrogen-bond donors (Lipinski definition) is 2. The van der Waals surface area contributed by atoms with Crippen molar-refractivity contribution in [2.75, 3.05) is 13.1 Å². The molecule has 3 heterocycles. The maximum Gasteiger partial charge on any atom is 0.358 e. The zero-order valence-electron chi connectivity index (χ0n) is 10.2. The molecule has 104 valence electrons. The van der Waals surface area contributed by atoms with Crippen LogP contribution in [0.25, 0.3) is 0 Å². The minimum absolute atomic E-state index is 0.0297. The van der Waals surface area contributed by atoms with Crippen LogP contribution in [-0.4, -0.2) is 55.0 Å². The second-order valence-electron chi connectivity index (χ2n) is 4.48. The molecule has 0 bridgehead atoms. The molecular formula is C11H10BrN5O3. The predicted octanol–water partition coefficient (Wildman–Crippen LogP) is 0.764. The smallest absolute Gasteiger partial charge is 0.358 e. The van der Waals surface area contributed by atoms with Gasteiger partial charge in [0.15, 0.2) is 5.69 Å². The Balaban J connectivity index is 1.63. The van der Waals surface area contributed by atoms with Crippen LogP contribution in [0.3, 0.4) is 0 Å². The van der Waals surface area contributed by atoms with Crippen LogP contribution < -0.4 is 0 Å². The number of amides is 1. The second kappa shape index (κ2) is 4.75. The molecule has 2 aromatic rings. The van der Waals surface area contributed by atoms with E-state index in [1.165, 1.54) is 10.9 Å². The van der Waals surface area contributed by atoms with Gasteiger partial charge in [0.25, 0.3) is 5.91 Å². The van der Waals surface area contributed by atoms with Gasteiger partial charge in [0.2, 0.25) is 0 Å². The van der Waals surface area contributed by atoms with Crippen LogP contribution in [0.2, 0.25) is 0 Å². The van der Waals surface area contributed by atoms with Crippen molar-refractivity contribution in [2.45, 2.75) is 6.04 Å². The van der Waals surface area contributed by atoms with Crippen LogP contribution in [0.15, 0.2) is 22.9 Å². The van der Waals surface area contributed by atoms with Gasteiger partial charge in [-0.25, -0.2) is 9.48 Å². The van der Waals surface area contributed by atoms with Gasteiger partial charge in [0.1, 0.15) is 5.69 Å². The molecule has 2 aromatic heterocycles. The van der Waals surface area contributed by atoms with Crippen LogP contribution in [0.5, 0.6) is 0 Å². The second-order valence-corrected chi connectivity index (χ2v) is 5.40. The van der Waals surface area contributed by atoms with Crippen LogP contribution in [0, 0.1) is 0 Å². The molecule has 1 fully saturated rings. The molecule has 9 heteroatoms. The Morgan fingerprint density at radius 2 is 2.20 bits per heavy atom. The monoisotopic (exact) mass is 339 g/mol. The van der Waals surface area contributed by atoms with E-state index in [0.29, 0.717) is 18.8 Å². The third kappa shape index (κ3) is 2.20. The molecule has 8 nitrogen and oxygen atoms in total. The molecule has 0 unspecified atom stereocenters. The summed E-state index contributed by atoms with van der Waals surface area (Å²) in [6.45, 7) is 0.968. The summed E-state index contributed by atoms with van der Waals surface area (Å²) in [5, 5.41) is 16.1. The summed E-state index contributed by atoms with van der Waals surface area (Å²) >= 11 is 3.27. The van der Waals surface area contributed by atoms with Crippen molar-refractivity contribution in [2.24, 2.45) is 0 Å². The minimum Gasteiger partial charge on any atom is -0.476 e. The SMILES string of the molecule is O=C(O)c1cn(C2CN(C(=O)c3cc(Br)c[nH]3)C2)nn1. The fourth-order valence-electron chi connectivity index (χ4n) is 2.00. The van der Waals surface area contributed by atoms with Crippen LogP contribution in [-0.2, 0) is 0 Å². The van der Waals surface area contributed by atoms with Crippen molar-refractivity contribution in [3.05, 3.63) is 34.3 Å². The van der Waals surface area contributed by atoms with Crippen molar-refractivity contribution < 1.29 is 14.7 Å². The topological polar surface area (TPSA) is 104 Å². The van der Waals surface area contributed by atoms with Crippen molar-refractivity contribution in [3.8, 4) is 0 Å². The van der Waals surface area contributed by atoms with E-state index in [2.05, 4.69) is 31.2 Å². The summed E-state index contributed by atoms with van der Waals surface area (Å²) in [5.74, 6) is -1.20. The van der Waals surface area contributed by atoms with Crippen molar-refractivity contribution in [3.63, 3.8) is 0 Å². The molecule has 0 radical (unpaired) electrons. The van der Waals surface area contributed by atoms with Crippen LogP contribution in [0.1, 0.15) is 27.0 Å². The van der Waals surface area contributed by atoms with Gasteiger partial charge in [-0.3, -0.25) is 4.79 Å². The molecule has 0 aromatic carbocycles. The van der Waals surface area contributed by atoms with Gasteiger partial charge >= 0.3 is 5.97 Å². The Hall–Kier alpha value is -2.16. The molecule has 2 N–H and O–H groups in total. The number of rotatable bonds is 3. The Bertz CT molecular complexity index is 673. The number of nitrogens with one attached hydrogen (secondary N) is 1. The number of aromatic carboxylic acids is 1. The number of H-pyrrole nitrogens is 1. The Morgan fingerprint density at radius 3 is 2.75 bits per heavy atom. The average Bonchev–Trinajstić information content (AvgIpc) is 2.96. The summed E-state index contributed by atoms with van der Waals surface area (Å²) in [7, 11) is 0. The minimum atomic E-state index is -1.11. The number of carboxylic acid groups (broad SMARTS) is 1. The number of aromatic nitrogens is 4. The Morgan fingerprint density at radius 1 is 1.45 bits per heavy atom. The molecule has 1 saturated heterocycles. The molecule has 0 aliphatic carbocycles.